The van der Waals surface area contributed by atoms with Crippen molar-refractivity contribution in [3.05, 3.63) is 29.5 Å². The molecule has 3 aromatic rings. The zero-order valence-corrected chi connectivity index (χ0v) is 12.1. The van der Waals surface area contributed by atoms with Crippen LogP contribution in [-0.4, -0.2) is 50.6 Å². The molecular formula is C13H14N6OS. The van der Waals surface area contributed by atoms with E-state index in [0.717, 1.165) is 47.5 Å². The van der Waals surface area contributed by atoms with E-state index in [1.807, 2.05) is 12.1 Å². The molecule has 0 spiro atoms. The molecule has 1 fully saturated rings. The fourth-order valence-corrected chi connectivity index (χ4v) is 3.26. The average molecular weight is 302 g/mol. The van der Waals surface area contributed by atoms with E-state index in [2.05, 4.69) is 25.6 Å². The zero-order valence-electron chi connectivity index (χ0n) is 11.3. The molecule has 8 heteroatoms. The van der Waals surface area contributed by atoms with E-state index in [0.29, 0.717) is 0 Å². The second kappa shape index (κ2) is 5.47. The van der Waals surface area contributed by atoms with E-state index >= 15 is 0 Å². The van der Waals surface area contributed by atoms with Gasteiger partial charge in [-0.15, -0.1) is 10.2 Å². The molecule has 3 aromatic heterocycles. The lowest BCUT2D eigenvalue weighted by Crippen LogP contribution is -2.39. The van der Waals surface area contributed by atoms with E-state index < -0.39 is 0 Å². The lowest BCUT2D eigenvalue weighted by Gasteiger charge is -2.22. The van der Waals surface area contributed by atoms with Gasteiger partial charge in [0, 0.05) is 37.5 Å². The molecule has 0 radical (unpaired) electrons. The summed E-state index contributed by atoms with van der Waals surface area (Å²) in [6.45, 7) is 2.55. The maximum Gasteiger partial charge on any atom is 0.234 e. The van der Waals surface area contributed by atoms with Gasteiger partial charge in [0.15, 0.2) is 5.82 Å². The second-order valence-corrected chi connectivity index (χ2v) is 5.90. The second-order valence-electron chi connectivity index (χ2n) is 4.86. The minimum Gasteiger partial charge on any atom is -0.375 e. The van der Waals surface area contributed by atoms with Crippen LogP contribution in [0.4, 0.5) is 0 Å². The van der Waals surface area contributed by atoms with Crippen LogP contribution in [0, 0.1) is 0 Å². The first-order valence-corrected chi connectivity index (χ1v) is 7.65. The van der Waals surface area contributed by atoms with Crippen LogP contribution in [0.3, 0.4) is 0 Å². The highest BCUT2D eigenvalue weighted by atomic mass is 32.1. The predicted octanol–water partition coefficient (Wildman–Crippen LogP) is 0.779. The Bertz CT molecular complexity index is 734. The van der Waals surface area contributed by atoms with E-state index in [-0.39, 0.29) is 6.10 Å². The third-order valence-electron chi connectivity index (χ3n) is 3.36. The Labute approximate surface area is 125 Å². The molecule has 7 nitrogen and oxygen atoms in total. The van der Waals surface area contributed by atoms with Crippen molar-refractivity contribution in [2.45, 2.75) is 12.5 Å². The molecule has 1 unspecified atom stereocenters. The van der Waals surface area contributed by atoms with Gasteiger partial charge in [0.2, 0.25) is 4.96 Å². The largest absolute Gasteiger partial charge is 0.375 e. The summed E-state index contributed by atoms with van der Waals surface area (Å²) in [6.07, 6.45) is 4.49. The standard InChI is InChI=1S/C13H14N6OS/c1-2-9(7-14-3-1)12-16-17-13-19(12)18-11(21-13)6-10-8-15-4-5-20-10/h1-3,7,10,15H,4-6,8H2. The van der Waals surface area contributed by atoms with E-state index in [9.17, 15) is 0 Å². The normalized spacial score (nSPS) is 19.1. The summed E-state index contributed by atoms with van der Waals surface area (Å²) in [6, 6.07) is 3.84. The molecule has 1 saturated heterocycles. The van der Waals surface area contributed by atoms with Crippen molar-refractivity contribution in [2.24, 2.45) is 0 Å². The smallest absolute Gasteiger partial charge is 0.234 e. The van der Waals surface area contributed by atoms with Gasteiger partial charge >= 0.3 is 0 Å². The van der Waals surface area contributed by atoms with E-state index in [1.165, 1.54) is 0 Å². The number of ether oxygens (including phenoxy) is 1. The zero-order chi connectivity index (χ0) is 14.1. The fraction of sp³-hybridized carbons (Fsp3) is 0.385. The molecule has 4 heterocycles. The summed E-state index contributed by atoms with van der Waals surface area (Å²) in [5, 5.41) is 17.3. The van der Waals surface area contributed by atoms with Crippen molar-refractivity contribution in [3.63, 3.8) is 0 Å². The first-order chi connectivity index (χ1) is 10.4. The van der Waals surface area contributed by atoms with Gasteiger partial charge in [0.1, 0.15) is 5.01 Å². The first kappa shape index (κ1) is 12.8. The number of hydrogen-bond acceptors (Lipinski definition) is 7. The van der Waals surface area contributed by atoms with Crippen LogP contribution in [0.15, 0.2) is 24.5 Å². The Morgan fingerprint density at radius 1 is 1.43 bits per heavy atom. The molecule has 1 aliphatic rings. The van der Waals surface area contributed by atoms with Gasteiger partial charge in [-0.3, -0.25) is 4.98 Å². The SMILES string of the molecule is c1cncc(-c2nnc3sc(CC4CNCCO4)nn23)c1. The summed E-state index contributed by atoms with van der Waals surface area (Å²) >= 11 is 1.56. The van der Waals surface area contributed by atoms with Crippen molar-refractivity contribution in [1.82, 2.24) is 30.1 Å². The number of aromatic nitrogens is 5. The number of rotatable bonds is 3. The quantitative estimate of drug-likeness (QED) is 0.770. The molecule has 0 saturated carbocycles. The van der Waals surface area contributed by atoms with Crippen molar-refractivity contribution in [3.8, 4) is 11.4 Å². The lowest BCUT2D eigenvalue weighted by molar-refractivity contribution is 0.0291. The van der Waals surface area contributed by atoms with Gasteiger partial charge in [-0.2, -0.15) is 9.61 Å². The van der Waals surface area contributed by atoms with Crippen LogP contribution in [0.1, 0.15) is 5.01 Å². The van der Waals surface area contributed by atoms with Crippen LogP contribution < -0.4 is 5.32 Å². The summed E-state index contributed by atoms with van der Waals surface area (Å²) < 4.78 is 7.50. The molecule has 0 aromatic carbocycles. The van der Waals surface area contributed by atoms with Crippen molar-refractivity contribution >= 4 is 16.3 Å². The van der Waals surface area contributed by atoms with Crippen LogP contribution in [0.5, 0.6) is 0 Å². The van der Waals surface area contributed by atoms with Crippen molar-refractivity contribution < 1.29 is 4.74 Å². The van der Waals surface area contributed by atoms with E-state index in [4.69, 9.17) is 4.74 Å². The summed E-state index contributed by atoms with van der Waals surface area (Å²) in [5.41, 5.74) is 0.914. The molecular weight excluding hydrogens is 288 g/mol. The molecule has 21 heavy (non-hydrogen) atoms. The molecule has 0 aliphatic carbocycles. The Hall–Kier alpha value is -1.90. The third-order valence-corrected chi connectivity index (χ3v) is 4.28. The Morgan fingerprint density at radius 3 is 3.24 bits per heavy atom. The summed E-state index contributed by atoms with van der Waals surface area (Å²) in [7, 11) is 0. The van der Waals surface area contributed by atoms with Gasteiger partial charge in [0.05, 0.1) is 12.7 Å². The topological polar surface area (TPSA) is 77.2 Å². The van der Waals surface area contributed by atoms with Crippen LogP contribution in [0.25, 0.3) is 16.3 Å². The molecule has 0 amide bonds. The molecule has 4 rings (SSSR count). The molecule has 0 bridgehead atoms. The Kier molecular flexibility index (Phi) is 3.34. The van der Waals surface area contributed by atoms with Crippen LogP contribution in [-0.2, 0) is 11.2 Å². The van der Waals surface area contributed by atoms with Crippen LogP contribution in [0.2, 0.25) is 0 Å². The predicted molar refractivity (Wildman–Crippen MR) is 78.2 cm³/mol. The van der Waals surface area contributed by atoms with Crippen LogP contribution >= 0.6 is 11.3 Å². The van der Waals surface area contributed by atoms with E-state index in [1.54, 1.807) is 28.2 Å². The molecule has 1 N–H and O–H groups in total. The highest BCUT2D eigenvalue weighted by molar-refractivity contribution is 7.16. The summed E-state index contributed by atoms with van der Waals surface area (Å²) in [5.74, 6) is 0.725. The van der Waals surface area contributed by atoms with Crippen molar-refractivity contribution in [1.29, 1.82) is 0 Å². The fourth-order valence-electron chi connectivity index (χ4n) is 2.36. The Balaban J connectivity index is 1.63. The number of nitrogens with one attached hydrogen (secondary N) is 1. The third kappa shape index (κ3) is 2.53. The average Bonchev–Trinajstić information content (AvgIpc) is 3.09. The number of fused-ring (bicyclic) bond motifs is 1. The monoisotopic (exact) mass is 302 g/mol. The van der Waals surface area contributed by atoms with Gasteiger partial charge in [-0.25, -0.2) is 0 Å². The molecule has 108 valence electrons. The number of nitrogens with zero attached hydrogens (tertiary/aromatic N) is 5. The van der Waals surface area contributed by atoms with Crippen molar-refractivity contribution in [2.75, 3.05) is 19.7 Å². The minimum atomic E-state index is 0.185. The highest BCUT2D eigenvalue weighted by Gasteiger charge is 2.18. The summed E-state index contributed by atoms with van der Waals surface area (Å²) in [4.78, 5) is 4.91. The minimum absolute atomic E-state index is 0.185. The van der Waals surface area contributed by atoms with Gasteiger partial charge < -0.3 is 10.1 Å². The maximum atomic E-state index is 5.72. The lowest BCUT2D eigenvalue weighted by atomic mass is 10.2. The van der Waals surface area contributed by atoms with Gasteiger partial charge in [-0.1, -0.05) is 11.3 Å². The molecule has 1 atom stereocenters. The van der Waals surface area contributed by atoms with Gasteiger partial charge in [-0.05, 0) is 12.1 Å². The number of morpholine rings is 1. The number of hydrogen-bond donors (Lipinski definition) is 1. The highest BCUT2D eigenvalue weighted by Crippen LogP contribution is 2.22. The first-order valence-electron chi connectivity index (χ1n) is 6.84. The molecule has 1 aliphatic heterocycles. The Morgan fingerprint density at radius 2 is 2.43 bits per heavy atom. The number of pyridine rings is 1. The maximum absolute atomic E-state index is 5.72. The van der Waals surface area contributed by atoms with Gasteiger partial charge in [0.25, 0.3) is 0 Å².